The molecule has 0 spiro atoms. The summed E-state index contributed by atoms with van der Waals surface area (Å²) in [4.78, 5) is 12.4. The molecule has 1 atom stereocenters. The zero-order valence-corrected chi connectivity index (χ0v) is 9.83. The number of nitrogens with zero attached hydrogens (tertiary/aromatic N) is 1. The van der Waals surface area contributed by atoms with Crippen LogP contribution in [0.5, 0.6) is 0 Å². The number of hydrogen-bond acceptors (Lipinski definition) is 2. The second-order valence-corrected chi connectivity index (χ2v) is 4.07. The quantitative estimate of drug-likeness (QED) is 0.886. The van der Waals surface area contributed by atoms with E-state index in [-0.39, 0.29) is 0 Å². The number of carboxylic acid groups (broad SMARTS) is 1. The first kappa shape index (κ1) is 12.9. The molecule has 1 rings (SSSR count). The molecule has 0 aromatic heterocycles. The summed E-state index contributed by atoms with van der Waals surface area (Å²) in [6.45, 7) is 1.95. The summed E-state index contributed by atoms with van der Waals surface area (Å²) < 4.78 is 12.8. The lowest BCUT2D eigenvalue weighted by atomic mass is 10.2. The molecule has 16 heavy (non-hydrogen) atoms. The van der Waals surface area contributed by atoms with Crippen molar-refractivity contribution in [3.8, 4) is 0 Å². The van der Waals surface area contributed by atoms with E-state index < -0.39 is 17.8 Å². The van der Waals surface area contributed by atoms with Crippen LogP contribution in [0.1, 0.15) is 12.5 Å². The smallest absolute Gasteiger partial charge is 0.320 e. The molecule has 0 aliphatic rings. The summed E-state index contributed by atoms with van der Waals surface area (Å²) in [6, 6.07) is 3.47. The molecular formula is C11H13ClFNO2. The fourth-order valence-electron chi connectivity index (χ4n) is 1.24. The number of aliphatic carboxylic acids is 1. The number of halogens is 2. The zero-order chi connectivity index (χ0) is 12.3. The van der Waals surface area contributed by atoms with Crippen molar-refractivity contribution in [2.75, 3.05) is 7.05 Å². The van der Waals surface area contributed by atoms with Crippen LogP contribution in [-0.4, -0.2) is 29.1 Å². The Morgan fingerprint density at radius 2 is 2.25 bits per heavy atom. The van der Waals surface area contributed by atoms with E-state index in [2.05, 4.69) is 0 Å². The monoisotopic (exact) mass is 245 g/mol. The minimum Gasteiger partial charge on any atom is -0.480 e. The number of benzene rings is 1. The zero-order valence-electron chi connectivity index (χ0n) is 9.08. The normalized spacial score (nSPS) is 12.8. The number of hydrogen-bond donors (Lipinski definition) is 1. The minimum absolute atomic E-state index is 0.310. The van der Waals surface area contributed by atoms with Crippen molar-refractivity contribution in [2.45, 2.75) is 19.5 Å². The molecule has 88 valence electrons. The van der Waals surface area contributed by atoms with Gasteiger partial charge in [-0.3, -0.25) is 9.69 Å². The average molecular weight is 246 g/mol. The maximum absolute atomic E-state index is 12.8. The fourth-order valence-corrected chi connectivity index (χ4v) is 1.47. The van der Waals surface area contributed by atoms with E-state index >= 15 is 0 Å². The highest BCUT2D eigenvalue weighted by molar-refractivity contribution is 6.31. The molecule has 0 aliphatic heterocycles. The first-order valence-electron chi connectivity index (χ1n) is 4.78. The van der Waals surface area contributed by atoms with Crippen LogP contribution in [0.25, 0.3) is 0 Å². The third-order valence-corrected chi connectivity index (χ3v) is 2.81. The van der Waals surface area contributed by atoms with Gasteiger partial charge in [0.15, 0.2) is 0 Å². The van der Waals surface area contributed by atoms with Gasteiger partial charge in [0.05, 0.1) is 0 Å². The summed E-state index contributed by atoms with van der Waals surface area (Å²) in [5, 5.41) is 9.12. The molecule has 1 unspecified atom stereocenters. The maximum atomic E-state index is 12.8. The van der Waals surface area contributed by atoms with E-state index in [1.807, 2.05) is 0 Å². The van der Waals surface area contributed by atoms with Crippen LogP contribution in [0, 0.1) is 5.82 Å². The van der Waals surface area contributed by atoms with Crippen molar-refractivity contribution in [2.24, 2.45) is 0 Å². The van der Waals surface area contributed by atoms with E-state index in [4.69, 9.17) is 16.7 Å². The number of carbonyl (C=O) groups is 1. The molecule has 0 heterocycles. The number of rotatable bonds is 4. The molecule has 0 fully saturated rings. The van der Waals surface area contributed by atoms with Crippen LogP contribution in [0.2, 0.25) is 5.02 Å². The molecular weight excluding hydrogens is 233 g/mol. The van der Waals surface area contributed by atoms with Gasteiger partial charge in [0.1, 0.15) is 11.9 Å². The SMILES string of the molecule is CC(C(=O)O)N(C)Cc1ccc(F)cc1Cl. The highest BCUT2D eigenvalue weighted by Crippen LogP contribution is 2.19. The molecule has 0 saturated carbocycles. The van der Waals surface area contributed by atoms with E-state index in [1.165, 1.54) is 12.1 Å². The van der Waals surface area contributed by atoms with Crippen LogP contribution in [0.4, 0.5) is 4.39 Å². The van der Waals surface area contributed by atoms with Crippen molar-refractivity contribution >= 4 is 17.6 Å². The Kier molecular flexibility index (Phi) is 4.26. The first-order valence-corrected chi connectivity index (χ1v) is 5.16. The second-order valence-electron chi connectivity index (χ2n) is 3.67. The molecule has 1 aromatic carbocycles. The van der Waals surface area contributed by atoms with E-state index in [0.29, 0.717) is 17.1 Å². The maximum Gasteiger partial charge on any atom is 0.320 e. The Bertz CT molecular complexity index is 398. The molecule has 1 aromatic rings. The van der Waals surface area contributed by atoms with E-state index in [0.717, 1.165) is 0 Å². The molecule has 0 radical (unpaired) electrons. The predicted octanol–water partition coefficient (Wildman–Crippen LogP) is 2.38. The van der Waals surface area contributed by atoms with E-state index in [1.54, 1.807) is 24.9 Å². The van der Waals surface area contributed by atoms with Gasteiger partial charge < -0.3 is 5.11 Å². The fraction of sp³-hybridized carbons (Fsp3) is 0.364. The van der Waals surface area contributed by atoms with Crippen LogP contribution < -0.4 is 0 Å². The lowest BCUT2D eigenvalue weighted by molar-refractivity contribution is -0.142. The van der Waals surface area contributed by atoms with Crippen molar-refractivity contribution in [3.05, 3.63) is 34.6 Å². The molecule has 5 heteroatoms. The lowest BCUT2D eigenvalue weighted by Gasteiger charge is -2.21. The van der Waals surface area contributed by atoms with Crippen molar-refractivity contribution < 1.29 is 14.3 Å². The first-order chi connectivity index (χ1) is 7.41. The minimum atomic E-state index is -0.902. The van der Waals surface area contributed by atoms with Crippen molar-refractivity contribution in [3.63, 3.8) is 0 Å². The third kappa shape index (κ3) is 3.18. The standard InChI is InChI=1S/C11H13ClFNO2/c1-7(11(15)16)14(2)6-8-3-4-9(13)5-10(8)12/h3-5,7H,6H2,1-2H3,(H,15,16). The molecule has 0 amide bonds. The predicted molar refractivity (Wildman–Crippen MR) is 60.0 cm³/mol. The van der Waals surface area contributed by atoms with Crippen LogP contribution in [0.15, 0.2) is 18.2 Å². The lowest BCUT2D eigenvalue weighted by Crippen LogP contribution is -2.35. The Morgan fingerprint density at radius 1 is 1.62 bits per heavy atom. The Hall–Kier alpha value is -1.13. The highest BCUT2D eigenvalue weighted by Gasteiger charge is 2.17. The summed E-state index contributed by atoms with van der Waals surface area (Å²) >= 11 is 5.84. The Balaban J connectivity index is 2.77. The number of likely N-dealkylation sites (N-methyl/N-ethyl adjacent to an activating group) is 1. The van der Waals surface area contributed by atoms with Gasteiger partial charge >= 0.3 is 5.97 Å². The summed E-state index contributed by atoms with van der Waals surface area (Å²) in [5.41, 5.74) is 0.707. The highest BCUT2D eigenvalue weighted by atomic mass is 35.5. The van der Waals surface area contributed by atoms with Crippen LogP contribution >= 0.6 is 11.6 Å². The third-order valence-electron chi connectivity index (χ3n) is 2.45. The van der Waals surface area contributed by atoms with Crippen molar-refractivity contribution in [1.82, 2.24) is 4.90 Å². The van der Waals surface area contributed by atoms with Gasteiger partial charge in [-0.2, -0.15) is 0 Å². The molecule has 0 bridgehead atoms. The van der Waals surface area contributed by atoms with Crippen molar-refractivity contribution in [1.29, 1.82) is 0 Å². The summed E-state index contributed by atoms with van der Waals surface area (Å²) in [7, 11) is 1.68. The summed E-state index contributed by atoms with van der Waals surface area (Å²) in [6.07, 6.45) is 0. The van der Waals surface area contributed by atoms with Crippen LogP contribution in [-0.2, 0) is 11.3 Å². The Labute approximate surface area is 98.4 Å². The van der Waals surface area contributed by atoms with Gasteiger partial charge in [0.25, 0.3) is 0 Å². The van der Waals surface area contributed by atoms with Gasteiger partial charge in [-0.15, -0.1) is 0 Å². The van der Waals surface area contributed by atoms with Gasteiger partial charge in [-0.05, 0) is 31.7 Å². The van der Waals surface area contributed by atoms with Gasteiger partial charge in [0, 0.05) is 11.6 Å². The van der Waals surface area contributed by atoms with Gasteiger partial charge in [0.2, 0.25) is 0 Å². The molecule has 3 nitrogen and oxygen atoms in total. The molecule has 1 N–H and O–H groups in total. The second kappa shape index (κ2) is 5.27. The molecule has 0 aliphatic carbocycles. The molecule has 0 saturated heterocycles. The Morgan fingerprint density at radius 3 is 2.75 bits per heavy atom. The average Bonchev–Trinajstić information content (AvgIpc) is 2.20. The summed E-state index contributed by atoms with van der Waals surface area (Å²) in [5.74, 6) is -1.30. The topological polar surface area (TPSA) is 40.5 Å². The number of carboxylic acids is 1. The van der Waals surface area contributed by atoms with E-state index in [9.17, 15) is 9.18 Å². The van der Waals surface area contributed by atoms with Crippen LogP contribution in [0.3, 0.4) is 0 Å². The van der Waals surface area contributed by atoms with Gasteiger partial charge in [-0.1, -0.05) is 17.7 Å². The largest absolute Gasteiger partial charge is 0.480 e. The van der Waals surface area contributed by atoms with Gasteiger partial charge in [-0.25, -0.2) is 4.39 Å².